The fraction of sp³-hybridized carbons (Fsp3) is 0.391. The van der Waals surface area contributed by atoms with E-state index >= 15 is 0 Å². The Morgan fingerprint density at radius 3 is 2.41 bits per heavy atom. The van der Waals surface area contributed by atoms with E-state index in [1.807, 2.05) is 17.0 Å². The number of benzene rings is 2. The summed E-state index contributed by atoms with van der Waals surface area (Å²) in [6, 6.07) is 12.3. The molecular formula is C23H26N2O4. The molecule has 152 valence electrons. The number of carbonyl (C=O) groups is 2. The maximum atomic E-state index is 13.2. The molecule has 6 nitrogen and oxygen atoms in total. The predicted octanol–water partition coefficient (Wildman–Crippen LogP) is 3.83. The Kier molecular flexibility index (Phi) is 5.43. The first kappa shape index (κ1) is 19.3. The van der Waals surface area contributed by atoms with Crippen molar-refractivity contribution in [3.8, 4) is 11.5 Å². The molecule has 2 aliphatic rings. The van der Waals surface area contributed by atoms with Crippen LogP contribution in [-0.2, 0) is 0 Å². The van der Waals surface area contributed by atoms with Crippen molar-refractivity contribution in [1.82, 2.24) is 4.90 Å². The van der Waals surface area contributed by atoms with Crippen LogP contribution in [0.2, 0.25) is 0 Å². The van der Waals surface area contributed by atoms with Gasteiger partial charge in [0.1, 0.15) is 13.2 Å². The number of fused-ring (bicyclic) bond motifs is 1. The number of piperidine rings is 1. The lowest BCUT2D eigenvalue weighted by atomic mass is 9.91. The molecule has 29 heavy (non-hydrogen) atoms. The van der Waals surface area contributed by atoms with E-state index in [1.165, 1.54) is 0 Å². The molecule has 1 saturated heterocycles. The maximum Gasteiger partial charge on any atom is 0.255 e. The highest BCUT2D eigenvalue weighted by atomic mass is 16.6. The third-order valence-corrected chi connectivity index (χ3v) is 5.37. The highest BCUT2D eigenvalue weighted by Gasteiger charge is 2.27. The van der Waals surface area contributed by atoms with Crippen LogP contribution in [0.15, 0.2) is 42.5 Å². The summed E-state index contributed by atoms with van der Waals surface area (Å²) in [6.45, 7) is 6.79. The van der Waals surface area contributed by atoms with Gasteiger partial charge in [0.25, 0.3) is 11.8 Å². The lowest BCUT2D eigenvalue weighted by Gasteiger charge is -2.35. The maximum absolute atomic E-state index is 13.2. The summed E-state index contributed by atoms with van der Waals surface area (Å²) in [6.07, 6.45) is 1.13. The minimum Gasteiger partial charge on any atom is -0.486 e. The van der Waals surface area contributed by atoms with E-state index < -0.39 is 0 Å². The standard InChI is InChI=1S/C23H26N2O4/c1-15-11-16(2)14-25(13-15)23(27)18-5-3-4-6-19(18)24-22(26)17-7-8-20-21(12-17)29-10-9-28-20/h3-8,12,15-16H,9-11,13-14H2,1-2H3,(H,24,26)/t15-,16+. The van der Waals surface area contributed by atoms with Crippen LogP contribution in [-0.4, -0.2) is 43.0 Å². The molecule has 2 aliphatic heterocycles. The number of amides is 2. The Morgan fingerprint density at radius 2 is 1.66 bits per heavy atom. The summed E-state index contributed by atoms with van der Waals surface area (Å²) < 4.78 is 11.1. The zero-order valence-electron chi connectivity index (χ0n) is 16.8. The third kappa shape index (κ3) is 4.21. The van der Waals surface area contributed by atoms with Crippen LogP contribution in [0.25, 0.3) is 0 Å². The van der Waals surface area contributed by atoms with Crippen molar-refractivity contribution in [1.29, 1.82) is 0 Å². The van der Waals surface area contributed by atoms with Crippen LogP contribution in [0.5, 0.6) is 11.5 Å². The fourth-order valence-electron chi connectivity index (χ4n) is 4.16. The van der Waals surface area contributed by atoms with E-state index in [0.717, 1.165) is 19.5 Å². The van der Waals surface area contributed by atoms with E-state index in [-0.39, 0.29) is 11.8 Å². The minimum absolute atomic E-state index is 0.0403. The number of nitrogens with zero attached hydrogens (tertiary/aromatic N) is 1. The van der Waals surface area contributed by atoms with E-state index in [4.69, 9.17) is 9.47 Å². The molecule has 1 fully saturated rings. The first-order valence-electron chi connectivity index (χ1n) is 10.1. The monoisotopic (exact) mass is 394 g/mol. The molecule has 2 atom stereocenters. The number of para-hydroxylation sites is 1. The normalized spacial score (nSPS) is 20.8. The van der Waals surface area contributed by atoms with Crippen molar-refractivity contribution in [3.63, 3.8) is 0 Å². The molecule has 0 bridgehead atoms. The predicted molar refractivity (Wildman–Crippen MR) is 111 cm³/mol. The zero-order chi connectivity index (χ0) is 20.4. The molecule has 0 aromatic heterocycles. The summed E-state index contributed by atoms with van der Waals surface area (Å²) in [4.78, 5) is 27.9. The van der Waals surface area contributed by atoms with Crippen molar-refractivity contribution in [2.45, 2.75) is 20.3 Å². The van der Waals surface area contributed by atoms with Crippen molar-refractivity contribution in [2.75, 3.05) is 31.6 Å². The van der Waals surface area contributed by atoms with Crippen molar-refractivity contribution in [3.05, 3.63) is 53.6 Å². The zero-order valence-corrected chi connectivity index (χ0v) is 16.8. The number of hydrogen-bond acceptors (Lipinski definition) is 4. The van der Waals surface area contributed by atoms with Crippen molar-refractivity contribution >= 4 is 17.5 Å². The van der Waals surface area contributed by atoms with Crippen LogP contribution >= 0.6 is 0 Å². The highest BCUT2D eigenvalue weighted by Crippen LogP contribution is 2.31. The smallest absolute Gasteiger partial charge is 0.255 e. The van der Waals surface area contributed by atoms with Crippen LogP contribution in [0, 0.1) is 11.8 Å². The summed E-state index contributed by atoms with van der Waals surface area (Å²) in [5.41, 5.74) is 1.49. The molecule has 1 N–H and O–H groups in total. The summed E-state index contributed by atoms with van der Waals surface area (Å²) in [5.74, 6) is 1.81. The fourth-order valence-corrected chi connectivity index (χ4v) is 4.16. The van der Waals surface area contributed by atoms with Gasteiger partial charge < -0.3 is 19.7 Å². The molecule has 6 heteroatoms. The van der Waals surface area contributed by atoms with Crippen LogP contribution in [0.1, 0.15) is 41.0 Å². The molecular weight excluding hydrogens is 368 g/mol. The number of nitrogens with one attached hydrogen (secondary N) is 1. The van der Waals surface area contributed by atoms with Gasteiger partial charge in [-0.1, -0.05) is 26.0 Å². The number of anilines is 1. The van der Waals surface area contributed by atoms with Gasteiger partial charge in [0.2, 0.25) is 0 Å². The molecule has 2 heterocycles. The second kappa shape index (κ2) is 8.15. The molecule has 0 aliphatic carbocycles. The van der Waals surface area contributed by atoms with Crippen LogP contribution in [0.3, 0.4) is 0 Å². The summed E-state index contributed by atoms with van der Waals surface area (Å²) in [5, 5.41) is 2.89. The van der Waals surface area contributed by atoms with Gasteiger partial charge in [0.15, 0.2) is 11.5 Å². The molecule has 0 unspecified atom stereocenters. The Morgan fingerprint density at radius 1 is 0.966 bits per heavy atom. The first-order valence-corrected chi connectivity index (χ1v) is 10.1. The molecule has 2 aromatic rings. The Hall–Kier alpha value is -3.02. The number of likely N-dealkylation sites (tertiary alicyclic amines) is 1. The van der Waals surface area contributed by atoms with Gasteiger partial charge in [0, 0.05) is 18.7 Å². The van der Waals surface area contributed by atoms with Crippen LogP contribution in [0.4, 0.5) is 5.69 Å². The quantitative estimate of drug-likeness (QED) is 0.859. The van der Waals surface area contributed by atoms with Crippen molar-refractivity contribution < 1.29 is 19.1 Å². The molecule has 0 spiro atoms. The number of rotatable bonds is 3. The van der Waals surface area contributed by atoms with Gasteiger partial charge in [-0.05, 0) is 48.6 Å². The summed E-state index contributed by atoms with van der Waals surface area (Å²) in [7, 11) is 0. The molecule has 2 amide bonds. The average molecular weight is 394 g/mol. The van der Waals surface area contributed by atoms with Gasteiger partial charge >= 0.3 is 0 Å². The number of hydrogen-bond donors (Lipinski definition) is 1. The molecule has 2 aromatic carbocycles. The molecule has 0 saturated carbocycles. The number of carbonyl (C=O) groups excluding carboxylic acids is 2. The second-order valence-electron chi connectivity index (χ2n) is 8.01. The van der Waals surface area contributed by atoms with Gasteiger partial charge in [-0.25, -0.2) is 0 Å². The Balaban J connectivity index is 1.54. The minimum atomic E-state index is -0.289. The number of ether oxygens (including phenoxy) is 2. The van der Waals surface area contributed by atoms with Gasteiger partial charge in [-0.3, -0.25) is 9.59 Å². The lowest BCUT2D eigenvalue weighted by molar-refractivity contribution is 0.0624. The second-order valence-corrected chi connectivity index (χ2v) is 8.01. The van der Waals surface area contributed by atoms with E-state index in [0.29, 0.717) is 53.4 Å². The Bertz CT molecular complexity index is 917. The van der Waals surface area contributed by atoms with Crippen molar-refractivity contribution in [2.24, 2.45) is 11.8 Å². The lowest BCUT2D eigenvalue weighted by Crippen LogP contribution is -2.42. The first-order chi connectivity index (χ1) is 14.0. The van der Waals surface area contributed by atoms with Crippen LogP contribution < -0.4 is 14.8 Å². The summed E-state index contributed by atoms with van der Waals surface area (Å²) >= 11 is 0. The topological polar surface area (TPSA) is 67.9 Å². The third-order valence-electron chi connectivity index (χ3n) is 5.37. The SMILES string of the molecule is C[C@@H]1C[C@H](C)CN(C(=O)c2ccccc2NC(=O)c2ccc3c(c2)OCCO3)C1. The Labute approximate surface area is 170 Å². The van der Waals surface area contributed by atoms with Gasteiger partial charge in [-0.15, -0.1) is 0 Å². The van der Waals surface area contributed by atoms with E-state index in [1.54, 1.807) is 30.3 Å². The average Bonchev–Trinajstić information content (AvgIpc) is 2.72. The van der Waals surface area contributed by atoms with E-state index in [9.17, 15) is 9.59 Å². The highest BCUT2D eigenvalue weighted by molar-refractivity contribution is 6.09. The molecule has 4 rings (SSSR count). The largest absolute Gasteiger partial charge is 0.486 e. The molecule has 0 radical (unpaired) electrons. The van der Waals surface area contributed by atoms with E-state index in [2.05, 4.69) is 19.2 Å². The van der Waals surface area contributed by atoms with Gasteiger partial charge in [0.05, 0.1) is 11.3 Å². The van der Waals surface area contributed by atoms with Gasteiger partial charge in [-0.2, -0.15) is 0 Å².